The van der Waals surface area contributed by atoms with Gasteiger partial charge in [-0.2, -0.15) is 0 Å². The maximum absolute atomic E-state index is 5.72. The Morgan fingerprint density at radius 3 is 2.67 bits per heavy atom. The summed E-state index contributed by atoms with van der Waals surface area (Å²) in [6.07, 6.45) is 2.03. The summed E-state index contributed by atoms with van der Waals surface area (Å²) in [5, 5.41) is 3.42. The average Bonchev–Trinajstić information content (AvgIpc) is 3.12. The number of methoxy groups -OCH3 is 1. The number of benzene rings is 1. The number of ether oxygens (including phenoxy) is 3. The van der Waals surface area contributed by atoms with Crippen molar-refractivity contribution in [3.63, 3.8) is 0 Å². The predicted molar refractivity (Wildman–Crippen MR) is 110 cm³/mol. The van der Waals surface area contributed by atoms with Crippen LogP contribution in [0.1, 0.15) is 32.8 Å². The zero-order valence-electron chi connectivity index (χ0n) is 17.3. The van der Waals surface area contributed by atoms with Crippen molar-refractivity contribution < 1.29 is 14.2 Å². The quantitative estimate of drug-likeness (QED) is 0.502. The van der Waals surface area contributed by atoms with Crippen molar-refractivity contribution in [2.45, 2.75) is 33.6 Å². The molecule has 27 heavy (non-hydrogen) atoms. The van der Waals surface area contributed by atoms with Crippen LogP contribution < -0.4 is 14.8 Å². The van der Waals surface area contributed by atoms with Gasteiger partial charge in [-0.15, -0.1) is 0 Å². The minimum atomic E-state index is 0.596. The normalized spacial score (nSPS) is 17.3. The van der Waals surface area contributed by atoms with Crippen LogP contribution >= 0.6 is 0 Å². The Labute approximate surface area is 163 Å². The highest BCUT2D eigenvalue weighted by Crippen LogP contribution is 2.28. The SMILES string of the molecule is CCNC(=NCCc1ccc(OCC)c(OCC)c1)N1CCC(COC)C1. The van der Waals surface area contributed by atoms with Gasteiger partial charge in [0.1, 0.15) is 0 Å². The summed E-state index contributed by atoms with van der Waals surface area (Å²) in [5.74, 6) is 3.22. The molecule has 1 aromatic carbocycles. The molecule has 1 aliphatic heterocycles. The highest BCUT2D eigenvalue weighted by atomic mass is 16.5. The molecule has 0 saturated carbocycles. The Morgan fingerprint density at radius 2 is 1.96 bits per heavy atom. The number of likely N-dealkylation sites (tertiary alicyclic amines) is 1. The van der Waals surface area contributed by atoms with Gasteiger partial charge in [0.25, 0.3) is 0 Å². The summed E-state index contributed by atoms with van der Waals surface area (Å²) in [6, 6.07) is 6.16. The van der Waals surface area contributed by atoms with E-state index >= 15 is 0 Å². The van der Waals surface area contributed by atoms with Gasteiger partial charge < -0.3 is 24.4 Å². The molecule has 0 amide bonds. The van der Waals surface area contributed by atoms with E-state index in [0.29, 0.717) is 19.1 Å². The van der Waals surface area contributed by atoms with Gasteiger partial charge in [0, 0.05) is 39.2 Å². The van der Waals surface area contributed by atoms with E-state index in [4.69, 9.17) is 19.2 Å². The third-order valence-electron chi connectivity index (χ3n) is 4.59. The Kier molecular flexibility index (Phi) is 9.25. The van der Waals surface area contributed by atoms with E-state index in [9.17, 15) is 0 Å². The maximum atomic E-state index is 5.72. The summed E-state index contributed by atoms with van der Waals surface area (Å²) in [6.45, 7) is 11.8. The van der Waals surface area contributed by atoms with Crippen molar-refractivity contribution in [1.29, 1.82) is 0 Å². The van der Waals surface area contributed by atoms with E-state index in [0.717, 1.165) is 63.1 Å². The van der Waals surface area contributed by atoms with Crippen molar-refractivity contribution in [3.05, 3.63) is 23.8 Å². The number of rotatable bonds is 10. The van der Waals surface area contributed by atoms with E-state index in [1.165, 1.54) is 5.56 Å². The van der Waals surface area contributed by atoms with Gasteiger partial charge >= 0.3 is 0 Å². The van der Waals surface area contributed by atoms with Gasteiger partial charge in [-0.05, 0) is 51.3 Å². The molecule has 1 atom stereocenters. The number of hydrogen-bond donors (Lipinski definition) is 1. The molecule has 6 nitrogen and oxygen atoms in total. The maximum Gasteiger partial charge on any atom is 0.193 e. The molecular weight excluding hydrogens is 342 g/mol. The van der Waals surface area contributed by atoms with E-state index in [2.05, 4.69) is 29.3 Å². The van der Waals surface area contributed by atoms with Gasteiger partial charge in [0.2, 0.25) is 0 Å². The lowest BCUT2D eigenvalue weighted by Gasteiger charge is -2.21. The van der Waals surface area contributed by atoms with Crippen LogP contribution in [0.4, 0.5) is 0 Å². The molecule has 152 valence electrons. The second-order valence-corrected chi connectivity index (χ2v) is 6.69. The molecule has 0 spiro atoms. The van der Waals surface area contributed by atoms with Gasteiger partial charge in [-0.3, -0.25) is 4.99 Å². The van der Waals surface area contributed by atoms with Gasteiger partial charge in [0.05, 0.1) is 19.8 Å². The molecule has 1 aliphatic rings. The zero-order chi connectivity index (χ0) is 19.5. The van der Waals surface area contributed by atoms with Crippen LogP contribution in [-0.2, 0) is 11.2 Å². The topological polar surface area (TPSA) is 55.3 Å². The van der Waals surface area contributed by atoms with Crippen LogP contribution in [0, 0.1) is 5.92 Å². The van der Waals surface area contributed by atoms with Crippen LogP contribution in [0.5, 0.6) is 11.5 Å². The third kappa shape index (κ3) is 6.61. The van der Waals surface area contributed by atoms with Gasteiger partial charge in [-0.25, -0.2) is 0 Å². The fraction of sp³-hybridized carbons (Fsp3) is 0.667. The molecule has 0 bridgehead atoms. The van der Waals surface area contributed by atoms with E-state index in [1.807, 2.05) is 19.9 Å². The molecule has 1 N–H and O–H groups in total. The minimum absolute atomic E-state index is 0.596. The van der Waals surface area contributed by atoms with Crippen LogP contribution in [-0.4, -0.2) is 64.0 Å². The molecule has 6 heteroatoms. The standard InChI is InChI=1S/C21H35N3O3/c1-5-22-21(24-13-11-18(15-24)16-25-4)23-12-10-17-8-9-19(26-6-2)20(14-17)27-7-3/h8-9,14,18H,5-7,10-13,15-16H2,1-4H3,(H,22,23). The Bertz CT molecular complexity index is 592. The lowest BCUT2D eigenvalue weighted by atomic mass is 10.1. The first-order valence-corrected chi connectivity index (χ1v) is 10.1. The fourth-order valence-corrected chi connectivity index (χ4v) is 3.36. The summed E-state index contributed by atoms with van der Waals surface area (Å²) in [7, 11) is 1.77. The molecule has 1 saturated heterocycles. The number of aliphatic imine (C=N–C) groups is 1. The molecule has 0 aliphatic carbocycles. The number of nitrogens with zero attached hydrogens (tertiary/aromatic N) is 2. The minimum Gasteiger partial charge on any atom is -0.490 e. The number of guanidine groups is 1. The van der Waals surface area contributed by atoms with Crippen LogP contribution in [0.15, 0.2) is 23.2 Å². The lowest BCUT2D eigenvalue weighted by molar-refractivity contribution is 0.157. The highest BCUT2D eigenvalue weighted by molar-refractivity contribution is 5.80. The Morgan fingerprint density at radius 1 is 1.19 bits per heavy atom. The smallest absolute Gasteiger partial charge is 0.193 e. The Balaban J connectivity index is 1.97. The second kappa shape index (κ2) is 11.7. The molecular formula is C21H35N3O3. The molecule has 1 aromatic rings. The predicted octanol–water partition coefficient (Wildman–Crippen LogP) is 2.96. The molecule has 0 radical (unpaired) electrons. The van der Waals surface area contributed by atoms with Crippen molar-refractivity contribution in [2.75, 3.05) is 53.1 Å². The van der Waals surface area contributed by atoms with Crippen molar-refractivity contribution in [3.8, 4) is 11.5 Å². The molecule has 2 rings (SSSR count). The molecule has 1 heterocycles. The monoisotopic (exact) mass is 377 g/mol. The van der Waals surface area contributed by atoms with Crippen LogP contribution in [0.3, 0.4) is 0 Å². The average molecular weight is 378 g/mol. The molecule has 0 aromatic heterocycles. The van der Waals surface area contributed by atoms with E-state index < -0.39 is 0 Å². The first-order chi connectivity index (χ1) is 13.2. The third-order valence-corrected chi connectivity index (χ3v) is 4.59. The summed E-state index contributed by atoms with van der Waals surface area (Å²) < 4.78 is 16.7. The lowest BCUT2D eigenvalue weighted by Crippen LogP contribution is -2.40. The van der Waals surface area contributed by atoms with Gasteiger partial charge in [0.15, 0.2) is 17.5 Å². The largest absolute Gasteiger partial charge is 0.490 e. The van der Waals surface area contributed by atoms with Crippen molar-refractivity contribution >= 4 is 5.96 Å². The van der Waals surface area contributed by atoms with Crippen LogP contribution in [0.2, 0.25) is 0 Å². The summed E-state index contributed by atoms with van der Waals surface area (Å²) >= 11 is 0. The fourth-order valence-electron chi connectivity index (χ4n) is 3.36. The highest BCUT2D eigenvalue weighted by Gasteiger charge is 2.24. The zero-order valence-corrected chi connectivity index (χ0v) is 17.3. The second-order valence-electron chi connectivity index (χ2n) is 6.69. The first-order valence-electron chi connectivity index (χ1n) is 10.1. The van der Waals surface area contributed by atoms with Gasteiger partial charge in [-0.1, -0.05) is 6.07 Å². The van der Waals surface area contributed by atoms with E-state index in [-0.39, 0.29) is 0 Å². The molecule has 1 fully saturated rings. The van der Waals surface area contributed by atoms with Crippen molar-refractivity contribution in [2.24, 2.45) is 10.9 Å². The van der Waals surface area contributed by atoms with E-state index in [1.54, 1.807) is 7.11 Å². The summed E-state index contributed by atoms with van der Waals surface area (Å²) in [5.41, 5.74) is 1.21. The number of nitrogens with one attached hydrogen (secondary N) is 1. The van der Waals surface area contributed by atoms with Crippen molar-refractivity contribution in [1.82, 2.24) is 10.2 Å². The number of hydrogen-bond acceptors (Lipinski definition) is 4. The first kappa shape index (κ1) is 21.4. The summed E-state index contributed by atoms with van der Waals surface area (Å²) in [4.78, 5) is 7.18. The molecule has 1 unspecified atom stereocenters. The Hall–Kier alpha value is -1.95. The van der Waals surface area contributed by atoms with Crippen LogP contribution in [0.25, 0.3) is 0 Å².